The highest BCUT2D eigenvalue weighted by Gasteiger charge is 2.24. The number of carbonyl (C=O) groups excluding carboxylic acids is 2. The van der Waals surface area contributed by atoms with Crippen molar-refractivity contribution in [2.75, 3.05) is 6.61 Å². The number of allylic oxidation sites excluding steroid dienone is 14. The average Bonchev–Trinajstić information content (AvgIpc) is 3.30. The molecule has 0 spiro atoms. The number of hydrogen-bond acceptors (Lipinski definition) is 5. The predicted octanol–water partition coefficient (Wildman–Crippen LogP) is 16.7. The van der Waals surface area contributed by atoms with E-state index in [1.807, 2.05) is 48.6 Å². The van der Waals surface area contributed by atoms with Crippen LogP contribution in [0.2, 0.25) is 0 Å². The van der Waals surface area contributed by atoms with E-state index < -0.39 is 18.2 Å². The summed E-state index contributed by atoms with van der Waals surface area (Å²) >= 11 is 0. The van der Waals surface area contributed by atoms with Crippen LogP contribution in [-0.4, -0.2) is 46.9 Å². The molecule has 0 bridgehead atoms. The molecule has 374 valence electrons. The van der Waals surface area contributed by atoms with Crippen LogP contribution in [0.5, 0.6) is 0 Å². The number of unbranched alkanes of at least 4 members (excludes halogenated alkanes) is 26. The Kier molecular flexibility index (Phi) is 49.6. The number of esters is 1. The van der Waals surface area contributed by atoms with Gasteiger partial charge >= 0.3 is 5.97 Å². The maximum Gasteiger partial charge on any atom is 0.306 e. The van der Waals surface area contributed by atoms with Gasteiger partial charge in [0.15, 0.2) is 0 Å². The first-order chi connectivity index (χ1) is 32.0. The highest BCUT2D eigenvalue weighted by molar-refractivity contribution is 5.77. The lowest BCUT2D eigenvalue weighted by molar-refractivity contribution is -0.151. The zero-order valence-electron chi connectivity index (χ0n) is 42.6. The monoisotopic (exact) mass is 906 g/mol. The number of rotatable bonds is 48. The van der Waals surface area contributed by atoms with E-state index in [0.717, 1.165) is 70.6 Å². The van der Waals surface area contributed by atoms with Crippen LogP contribution in [-0.2, 0) is 14.3 Å². The lowest BCUT2D eigenvalue weighted by atomic mass is 10.0. The molecular formula is C59H103NO5. The first kappa shape index (κ1) is 62.0. The molecule has 6 heteroatoms. The van der Waals surface area contributed by atoms with Crippen molar-refractivity contribution < 1.29 is 24.5 Å². The number of aliphatic hydroxyl groups is 2. The first-order valence-corrected chi connectivity index (χ1v) is 27.4. The molecule has 1 amide bonds. The lowest BCUT2D eigenvalue weighted by Gasteiger charge is -2.24. The van der Waals surface area contributed by atoms with Crippen LogP contribution in [0.4, 0.5) is 0 Å². The minimum atomic E-state index is -0.812. The minimum Gasteiger partial charge on any atom is -0.462 e. The van der Waals surface area contributed by atoms with Gasteiger partial charge in [-0.05, 0) is 70.6 Å². The van der Waals surface area contributed by atoms with Crippen molar-refractivity contribution in [1.29, 1.82) is 0 Å². The third kappa shape index (κ3) is 47.3. The van der Waals surface area contributed by atoms with Gasteiger partial charge in [0.2, 0.25) is 5.91 Å². The van der Waals surface area contributed by atoms with Crippen LogP contribution in [0.1, 0.15) is 252 Å². The molecule has 0 rings (SSSR count). The molecule has 0 aliphatic rings. The molecule has 0 fully saturated rings. The summed E-state index contributed by atoms with van der Waals surface area (Å²) in [5.74, 6) is -0.556. The van der Waals surface area contributed by atoms with Gasteiger partial charge in [-0.1, -0.05) is 254 Å². The highest BCUT2D eigenvalue weighted by atomic mass is 16.5. The van der Waals surface area contributed by atoms with E-state index in [1.165, 1.54) is 135 Å². The number of amides is 1. The maximum atomic E-state index is 13.2. The first-order valence-electron chi connectivity index (χ1n) is 27.4. The Balaban J connectivity index is 4.63. The second kappa shape index (κ2) is 52.0. The van der Waals surface area contributed by atoms with Gasteiger partial charge in [0, 0.05) is 6.42 Å². The van der Waals surface area contributed by atoms with Gasteiger partial charge in [-0.25, -0.2) is 0 Å². The topological polar surface area (TPSA) is 95.9 Å². The number of nitrogens with one attached hydrogen (secondary N) is 1. The summed E-state index contributed by atoms with van der Waals surface area (Å²) in [4.78, 5) is 26.2. The SMILES string of the molecule is CC/C=C/C=C/C=C\C=C/C=C/CCCC(CC(=O)NC(CO)C(O)CCCCCCCCCCCCCCCCCC)OC(=O)CCCCCCCCC/C=C\C/C=C\CCCCC. The van der Waals surface area contributed by atoms with Crippen LogP contribution < -0.4 is 5.32 Å². The summed E-state index contributed by atoms with van der Waals surface area (Å²) in [6.07, 6.45) is 67.9. The highest BCUT2D eigenvalue weighted by Crippen LogP contribution is 2.17. The molecule has 0 radical (unpaired) electrons. The molecule has 3 N–H and O–H groups in total. The molecule has 3 unspecified atom stereocenters. The standard InChI is InChI=1S/C59H103NO5/c1-4-7-10-13-16-19-22-25-27-29-31-34-37-40-43-46-49-52-59(64)65-55(50-47-44-41-38-35-32-24-21-18-15-12-9-6-3)53-58(63)60-56(54-61)57(62)51-48-45-42-39-36-33-30-28-26-23-20-17-14-11-8-5-2/h9,12,15-16,18-19,21,24-25,27,32,35,38,41,55-57,61-62H,4-8,10-11,13-14,17,20,22-23,26,28-31,33-34,36-37,39-40,42-54H2,1-3H3,(H,60,63)/b12-9+,18-15+,19-16-,24-21-,27-25-,35-32-,41-38+. The molecule has 0 heterocycles. The molecule has 6 nitrogen and oxygen atoms in total. The molecule has 3 atom stereocenters. The molecule has 0 aromatic rings. The molecule has 0 saturated carbocycles. The van der Waals surface area contributed by atoms with E-state index >= 15 is 0 Å². The third-order valence-electron chi connectivity index (χ3n) is 12.1. The van der Waals surface area contributed by atoms with Gasteiger partial charge in [0.05, 0.1) is 25.2 Å². The summed E-state index contributed by atoms with van der Waals surface area (Å²) < 4.78 is 5.90. The number of ether oxygens (including phenoxy) is 1. The summed E-state index contributed by atoms with van der Waals surface area (Å²) in [6, 6.07) is -0.731. The Labute approximate surface area is 402 Å². The Morgan fingerprint density at radius 1 is 0.477 bits per heavy atom. The quantitative estimate of drug-likeness (QED) is 0.0245. The summed E-state index contributed by atoms with van der Waals surface area (Å²) in [5, 5.41) is 23.8. The Bertz CT molecular complexity index is 1250. The minimum absolute atomic E-state index is 0.0221. The Morgan fingerprint density at radius 2 is 0.908 bits per heavy atom. The summed E-state index contributed by atoms with van der Waals surface area (Å²) in [7, 11) is 0. The van der Waals surface area contributed by atoms with E-state index in [1.54, 1.807) is 0 Å². The van der Waals surface area contributed by atoms with Gasteiger partial charge < -0.3 is 20.3 Å². The van der Waals surface area contributed by atoms with E-state index in [9.17, 15) is 19.8 Å². The molecule has 0 aliphatic carbocycles. The normalized spacial score (nSPS) is 13.9. The van der Waals surface area contributed by atoms with Crippen molar-refractivity contribution in [1.82, 2.24) is 5.32 Å². The van der Waals surface area contributed by atoms with Gasteiger partial charge in [-0.3, -0.25) is 9.59 Å². The molecule has 0 aliphatic heterocycles. The molecule has 65 heavy (non-hydrogen) atoms. The van der Waals surface area contributed by atoms with Crippen molar-refractivity contribution in [3.63, 3.8) is 0 Å². The zero-order valence-corrected chi connectivity index (χ0v) is 42.6. The third-order valence-corrected chi connectivity index (χ3v) is 12.1. The van der Waals surface area contributed by atoms with E-state index in [0.29, 0.717) is 19.3 Å². The second-order valence-corrected chi connectivity index (χ2v) is 18.4. The summed E-state index contributed by atoms with van der Waals surface area (Å²) in [5.41, 5.74) is 0. The van der Waals surface area contributed by atoms with Gasteiger partial charge in [-0.15, -0.1) is 0 Å². The molecule has 0 aromatic carbocycles. The number of aliphatic hydroxyl groups excluding tert-OH is 2. The molecular weight excluding hydrogens is 803 g/mol. The largest absolute Gasteiger partial charge is 0.462 e. The smallest absolute Gasteiger partial charge is 0.306 e. The fourth-order valence-corrected chi connectivity index (χ4v) is 7.96. The van der Waals surface area contributed by atoms with Crippen LogP contribution >= 0.6 is 0 Å². The van der Waals surface area contributed by atoms with Crippen molar-refractivity contribution in [2.24, 2.45) is 0 Å². The van der Waals surface area contributed by atoms with Crippen LogP contribution in [0.3, 0.4) is 0 Å². The Morgan fingerprint density at radius 3 is 1.43 bits per heavy atom. The Hall–Kier alpha value is -2.96. The van der Waals surface area contributed by atoms with Crippen molar-refractivity contribution in [2.45, 2.75) is 270 Å². The van der Waals surface area contributed by atoms with E-state index in [2.05, 4.69) is 62.5 Å². The van der Waals surface area contributed by atoms with Crippen molar-refractivity contribution >= 4 is 11.9 Å². The fourth-order valence-electron chi connectivity index (χ4n) is 7.96. The molecule has 0 saturated heterocycles. The van der Waals surface area contributed by atoms with Crippen molar-refractivity contribution in [3.05, 3.63) is 85.1 Å². The van der Waals surface area contributed by atoms with Gasteiger partial charge in [0.1, 0.15) is 6.10 Å². The zero-order chi connectivity index (χ0) is 47.4. The fraction of sp³-hybridized carbons (Fsp3) is 0.729. The van der Waals surface area contributed by atoms with Gasteiger partial charge in [0.25, 0.3) is 0 Å². The van der Waals surface area contributed by atoms with Gasteiger partial charge in [-0.2, -0.15) is 0 Å². The maximum absolute atomic E-state index is 13.2. The molecule has 0 aromatic heterocycles. The van der Waals surface area contributed by atoms with E-state index in [-0.39, 0.29) is 24.9 Å². The second-order valence-electron chi connectivity index (χ2n) is 18.4. The summed E-state index contributed by atoms with van der Waals surface area (Å²) in [6.45, 7) is 6.30. The van der Waals surface area contributed by atoms with Crippen LogP contribution in [0.15, 0.2) is 85.1 Å². The van der Waals surface area contributed by atoms with Crippen molar-refractivity contribution in [3.8, 4) is 0 Å². The average molecular weight is 906 g/mol. The number of hydrogen-bond donors (Lipinski definition) is 3. The van der Waals surface area contributed by atoms with E-state index in [4.69, 9.17) is 4.74 Å². The number of carbonyl (C=O) groups is 2. The van der Waals surface area contributed by atoms with Crippen LogP contribution in [0, 0.1) is 0 Å². The predicted molar refractivity (Wildman–Crippen MR) is 282 cm³/mol. The lowest BCUT2D eigenvalue weighted by Crippen LogP contribution is -2.46. The van der Waals surface area contributed by atoms with Crippen LogP contribution in [0.25, 0.3) is 0 Å².